The molecule has 0 aromatic heterocycles. The zero-order chi connectivity index (χ0) is 20.5. The van der Waals surface area contributed by atoms with Gasteiger partial charge in [0.25, 0.3) is 0 Å². The van der Waals surface area contributed by atoms with Crippen molar-refractivity contribution in [2.24, 2.45) is 0 Å². The Kier molecular flexibility index (Phi) is 8.24. The van der Waals surface area contributed by atoms with Crippen molar-refractivity contribution in [3.05, 3.63) is 70.8 Å². The molecule has 2 aromatic carbocycles. The number of rotatable bonds is 9. The highest BCUT2D eigenvalue weighted by atomic mass is 16.2. The molecule has 28 heavy (non-hydrogen) atoms. The fourth-order valence-electron chi connectivity index (χ4n) is 3.43. The van der Waals surface area contributed by atoms with Crippen LogP contribution in [0.5, 0.6) is 0 Å². The number of aryl methyl sites for hydroxylation is 3. The average molecular weight is 381 g/mol. The summed E-state index contributed by atoms with van der Waals surface area (Å²) in [5.74, 6) is -0.104. The molecule has 0 radical (unpaired) electrons. The predicted molar refractivity (Wildman–Crippen MR) is 114 cm³/mol. The van der Waals surface area contributed by atoms with Crippen LogP contribution in [-0.4, -0.2) is 29.8 Å². The van der Waals surface area contributed by atoms with Crippen molar-refractivity contribution in [1.82, 2.24) is 10.2 Å². The van der Waals surface area contributed by atoms with Gasteiger partial charge in [-0.05, 0) is 42.9 Å². The molecule has 1 atom stereocenters. The van der Waals surface area contributed by atoms with Crippen molar-refractivity contribution in [3.8, 4) is 0 Å². The smallest absolute Gasteiger partial charge is 0.242 e. The Bertz CT molecular complexity index is 783. The first-order valence-electron chi connectivity index (χ1n) is 10.1. The number of benzene rings is 2. The Morgan fingerprint density at radius 2 is 1.68 bits per heavy atom. The zero-order valence-electron chi connectivity index (χ0n) is 17.5. The average Bonchev–Trinajstić information content (AvgIpc) is 2.72. The molecule has 0 aliphatic carbocycles. The maximum absolute atomic E-state index is 13.1. The van der Waals surface area contributed by atoms with Crippen LogP contribution in [0.1, 0.15) is 48.9 Å². The van der Waals surface area contributed by atoms with Gasteiger partial charge in [-0.3, -0.25) is 9.59 Å². The van der Waals surface area contributed by atoms with Crippen LogP contribution in [0, 0.1) is 6.92 Å². The molecule has 2 rings (SSSR count). The maximum atomic E-state index is 13.1. The van der Waals surface area contributed by atoms with Crippen LogP contribution in [-0.2, 0) is 29.0 Å². The quantitative estimate of drug-likeness (QED) is 0.714. The zero-order valence-corrected chi connectivity index (χ0v) is 17.5. The van der Waals surface area contributed by atoms with E-state index < -0.39 is 6.04 Å². The topological polar surface area (TPSA) is 49.4 Å². The molecule has 150 valence electrons. The van der Waals surface area contributed by atoms with Crippen LogP contribution in [0.4, 0.5) is 0 Å². The van der Waals surface area contributed by atoms with Gasteiger partial charge in [0, 0.05) is 20.0 Å². The van der Waals surface area contributed by atoms with Gasteiger partial charge in [-0.15, -0.1) is 0 Å². The highest BCUT2D eigenvalue weighted by Crippen LogP contribution is 2.16. The summed E-state index contributed by atoms with van der Waals surface area (Å²) in [5, 5.41) is 2.70. The molecule has 0 aliphatic rings. The van der Waals surface area contributed by atoms with E-state index >= 15 is 0 Å². The summed E-state index contributed by atoms with van der Waals surface area (Å²) in [5.41, 5.74) is 4.63. The first kappa shape index (κ1) is 21.7. The number of hydrogen-bond acceptors (Lipinski definition) is 2. The Labute approximate surface area is 169 Å². The van der Waals surface area contributed by atoms with Gasteiger partial charge < -0.3 is 10.2 Å². The van der Waals surface area contributed by atoms with E-state index in [9.17, 15) is 9.59 Å². The third-order valence-electron chi connectivity index (χ3n) is 5.13. The molecule has 0 bridgehead atoms. The van der Waals surface area contributed by atoms with E-state index in [1.807, 2.05) is 32.0 Å². The van der Waals surface area contributed by atoms with Gasteiger partial charge >= 0.3 is 0 Å². The summed E-state index contributed by atoms with van der Waals surface area (Å²) < 4.78 is 0. The van der Waals surface area contributed by atoms with Gasteiger partial charge in [0.1, 0.15) is 6.04 Å². The van der Waals surface area contributed by atoms with Crippen molar-refractivity contribution in [2.45, 2.75) is 59.0 Å². The molecule has 4 heteroatoms. The second-order valence-corrected chi connectivity index (χ2v) is 7.22. The van der Waals surface area contributed by atoms with Gasteiger partial charge in [-0.25, -0.2) is 0 Å². The van der Waals surface area contributed by atoms with Gasteiger partial charge in [0.2, 0.25) is 11.8 Å². The Hall–Kier alpha value is -2.62. The van der Waals surface area contributed by atoms with Crippen LogP contribution in [0.2, 0.25) is 0 Å². The van der Waals surface area contributed by atoms with E-state index in [1.165, 1.54) is 5.56 Å². The first-order chi connectivity index (χ1) is 13.5. The van der Waals surface area contributed by atoms with Crippen LogP contribution in [0.3, 0.4) is 0 Å². The van der Waals surface area contributed by atoms with Crippen LogP contribution in [0.15, 0.2) is 48.5 Å². The van der Waals surface area contributed by atoms with Gasteiger partial charge in [0.05, 0.1) is 0 Å². The van der Waals surface area contributed by atoms with Crippen molar-refractivity contribution >= 4 is 11.8 Å². The molecule has 0 saturated heterocycles. The second-order valence-electron chi connectivity index (χ2n) is 7.22. The summed E-state index contributed by atoms with van der Waals surface area (Å²) in [4.78, 5) is 27.2. The van der Waals surface area contributed by atoms with Crippen LogP contribution >= 0.6 is 0 Å². The lowest BCUT2D eigenvalue weighted by atomic mass is 10.0. The van der Waals surface area contributed by atoms with Crippen LogP contribution < -0.4 is 5.32 Å². The normalized spacial score (nSPS) is 11.7. The highest BCUT2D eigenvalue weighted by Gasteiger charge is 2.27. The third kappa shape index (κ3) is 5.95. The summed E-state index contributed by atoms with van der Waals surface area (Å²) in [7, 11) is 1.62. The van der Waals surface area contributed by atoms with Gasteiger partial charge in [-0.2, -0.15) is 0 Å². The third-order valence-corrected chi connectivity index (χ3v) is 5.13. The lowest BCUT2D eigenvalue weighted by Gasteiger charge is -2.30. The Morgan fingerprint density at radius 1 is 1.00 bits per heavy atom. The van der Waals surface area contributed by atoms with Crippen LogP contribution in [0.25, 0.3) is 0 Å². The number of nitrogens with zero attached hydrogens (tertiary/aromatic N) is 1. The minimum absolute atomic E-state index is 0.0107. The number of amides is 2. The minimum atomic E-state index is -0.458. The fraction of sp³-hybridized carbons (Fsp3) is 0.417. The summed E-state index contributed by atoms with van der Waals surface area (Å²) in [6, 6.07) is 16.1. The molecule has 0 spiro atoms. The van der Waals surface area contributed by atoms with E-state index in [1.54, 1.807) is 11.9 Å². The number of carbonyl (C=O) groups is 2. The molecule has 0 aliphatic heterocycles. The largest absolute Gasteiger partial charge is 0.357 e. The van der Waals surface area contributed by atoms with Gasteiger partial charge in [-0.1, -0.05) is 67.9 Å². The van der Waals surface area contributed by atoms with E-state index in [0.717, 1.165) is 23.1 Å². The van der Waals surface area contributed by atoms with E-state index in [0.29, 0.717) is 25.8 Å². The minimum Gasteiger partial charge on any atom is -0.357 e. The predicted octanol–water partition coefficient (Wildman–Crippen LogP) is 4.04. The summed E-state index contributed by atoms with van der Waals surface area (Å²) in [6.07, 6.45) is 2.67. The molecule has 1 N–H and O–H groups in total. The van der Waals surface area contributed by atoms with Crippen molar-refractivity contribution in [2.75, 3.05) is 7.05 Å². The highest BCUT2D eigenvalue weighted by molar-refractivity contribution is 5.87. The van der Waals surface area contributed by atoms with Crippen molar-refractivity contribution in [1.29, 1.82) is 0 Å². The second kappa shape index (κ2) is 10.6. The fourth-order valence-corrected chi connectivity index (χ4v) is 3.43. The Balaban J connectivity index is 2.15. The number of carbonyl (C=O) groups excluding carboxylic acids is 2. The molecule has 0 fully saturated rings. The number of nitrogens with one attached hydrogen (secondary N) is 1. The van der Waals surface area contributed by atoms with E-state index in [4.69, 9.17) is 0 Å². The monoisotopic (exact) mass is 380 g/mol. The summed E-state index contributed by atoms with van der Waals surface area (Å²) in [6.45, 7) is 6.55. The Morgan fingerprint density at radius 3 is 2.25 bits per heavy atom. The molecule has 1 unspecified atom stereocenters. The molecule has 2 amide bonds. The van der Waals surface area contributed by atoms with E-state index in [-0.39, 0.29) is 11.8 Å². The summed E-state index contributed by atoms with van der Waals surface area (Å²) >= 11 is 0. The maximum Gasteiger partial charge on any atom is 0.242 e. The molecular formula is C24H32N2O2. The molecule has 0 heterocycles. The number of likely N-dealkylation sites (N-methyl/N-ethyl adjacent to an activating group) is 1. The molecule has 2 aromatic rings. The number of hydrogen-bond donors (Lipinski definition) is 1. The van der Waals surface area contributed by atoms with Gasteiger partial charge in [0.15, 0.2) is 0 Å². The SMILES string of the molecule is CCc1ccc(CCC(=O)N(Cc2cccc(C)c2)C(CC)C(=O)NC)cc1. The molecule has 4 nitrogen and oxygen atoms in total. The lowest BCUT2D eigenvalue weighted by Crippen LogP contribution is -2.48. The standard InChI is InChI=1S/C24H32N2O2/c1-5-19-10-12-20(13-11-19)14-15-23(27)26(22(6-2)24(28)25-4)17-21-9-7-8-18(3)16-21/h7-13,16,22H,5-6,14-15,17H2,1-4H3,(H,25,28). The molecule has 0 saturated carbocycles. The first-order valence-corrected chi connectivity index (χ1v) is 10.1. The van der Waals surface area contributed by atoms with Crippen molar-refractivity contribution in [3.63, 3.8) is 0 Å². The lowest BCUT2D eigenvalue weighted by molar-refractivity contribution is -0.141. The van der Waals surface area contributed by atoms with Crippen molar-refractivity contribution < 1.29 is 9.59 Å². The molecular weight excluding hydrogens is 348 g/mol. The van der Waals surface area contributed by atoms with E-state index in [2.05, 4.69) is 42.6 Å².